The number of hydrogen-bond acceptors (Lipinski definition) is 6. The van der Waals surface area contributed by atoms with Gasteiger partial charge in [-0.15, -0.1) is 0 Å². The first-order chi connectivity index (χ1) is 11.2. The number of carbonyl (C=O) groups excluding carboxylic acids is 1. The number of hydrogen-bond donors (Lipinski definition) is 1. The van der Waals surface area contributed by atoms with Crippen LogP contribution in [0.5, 0.6) is 0 Å². The van der Waals surface area contributed by atoms with Crippen molar-refractivity contribution in [2.24, 2.45) is 0 Å². The Labute approximate surface area is 132 Å². The smallest absolute Gasteiger partial charge is 0.257 e. The third-order valence-electron chi connectivity index (χ3n) is 3.35. The molecule has 0 aliphatic heterocycles. The van der Waals surface area contributed by atoms with Gasteiger partial charge in [0.1, 0.15) is 18.7 Å². The Morgan fingerprint density at radius 1 is 1.35 bits per heavy atom. The summed E-state index contributed by atoms with van der Waals surface area (Å²) in [7, 11) is 0. The Morgan fingerprint density at radius 2 is 2.17 bits per heavy atom. The highest BCUT2D eigenvalue weighted by Gasteiger charge is 2.15. The topological polar surface area (TPSA) is 98.7 Å². The maximum Gasteiger partial charge on any atom is 0.257 e. The van der Waals surface area contributed by atoms with E-state index >= 15 is 0 Å². The Hall–Kier alpha value is -3.03. The molecule has 3 rings (SSSR count). The molecule has 2 aromatic heterocycles. The van der Waals surface area contributed by atoms with Crippen molar-refractivity contribution in [3.8, 4) is 11.5 Å². The molecule has 3 aromatic rings. The molecule has 0 aliphatic rings. The second-order valence-electron chi connectivity index (χ2n) is 4.97. The molecule has 0 spiro atoms. The van der Waals surface area contributed by atoms with E-state index in [2.05, 4.69) is 25.5 Å². The lowest BCUT2D eigenvalue weighted by molar-refractivity contribution is -0.124. The lowest BCUT2D eigenvalue weighted by Crippen LogP contribution is -2.32. The predicted molar refractivity (Wildman–Crippen MR) is 81.2 cm³/mol. The molecule has 2 heterocycles. The van der Waals surface area contributed by atoms with Crippen LogP contribution in [0.15, 0.2) is 47.5 Å². The van der Waals surface area contributed by atoms with E-state index < -0.39 is 6.04 Å². The summed E-state index contributed by atoms with van der Waals surface area (Å²) in [5.74, 6) is 0.891. The van der Waals surface area contributed by atoms with E-state index in [4.69, 9.17) is 4.52 Å². The van der Waals surface area contributed by atoms with Crippen LogP contribution in [0.1, 0.15) is 18.8 Å². The van der Waals surface area contributed by atoms with E-state index in [9.17, 15) is 4.79 Å². The van der Waals surface area contributed by atoms with Crippen molar-refractivity contribution in [2.45, 2.75) is 19.4 Å². The van der Waals surface area contributed by atoms with Crippen molar-refractivity contribution in [3.63, 3.8) is 0 Å². The number of nitrogens with one attached hydrogen (secondary N) is 1. The molecule has 1 atom stereocenters. The minimum absolute atomic E-state index is 0.137. The monoisotopic (exact) mass is 312 g/mol. The number of carbonyl (C=O) groups is 1. The van der Waals surface area contributed by atoms with Crippen LogP contribution < -0.4 is 5.32 Å². The van der Waals surface area contributed by atoms with E-state index in [0.717, 1.165) is 5.56 Å². The molecule has 1 N–H and O–H groups in total. The summed E-state index contributed by atoms with van der Waals surface area (Å²) >= 11 is 0. The molecule has 1 aromatic carbocycles. The highest BCUT2D eigenvalue weighted by Crippen LogP contribution is 2.16. The second kappa shape index (κ2) is 6.82. The van der Waals surface area contributed by atoms with E-state index in [0.29, 0.717) is 24.7 Å². The van der Waals surface area contributed by atoms with Gasteiger partial charge in [0, 0.05) is 18.5 Å². The summed E-state index contributed by atoms with van der Waals surface area (Å²) in [5, 5.41) is 10.7. The fourth-order valence-electron chi connectivity index (χ4n) is 2.04. The van der Waals surface area contributed by atoms with Gasteiger partial charge in [-0.1, -0.05) is 23.4 Å². The van der Waals surface area contributed by atoms with Gasteiger partial charge in [0.2, 0.25) is 5.91 Å². The predicted octanol–water partition coefficient (Wildman–Crippen LogP) is 1.25. The SMILES string of the molecule is CC(C(=O)NCCc1noc(-c2ccccc2)n1)n1cncn1. The van der Waals surface area contributed by atoms with Gasteiger partial charge in [-0.3, -0.25) is 4.79 Å². The molecule has 0 aliphatic carbocycles. The van der Waals surface area contributed by atoms with Crippen LogP contribution in [-0.4, -0.2) is 37.4 Å². The first-order valence-corrected chi connectivity index (χ1v) is 7.24. The molecule has 8 nitrogen and oxygen atoms in total. The van der Waals surface area contributed by atoms with Crippen molar-refractivity contribution in [2.75, 3.05) is 6.54 Å². The van der Waals surface area contributed by atoms with Gasteiger partial charge in [-0.2, -0.15) is 10.1 Å². The molecule has 0 saturated carbocycles. The number of aromatic nitrogens is 5. The lowest BCUT2D eigenvalue weighted by Gasteiger charge is -2.11. The van der Waals surface area contributed by atoms with Gasteiger partial charge in [0.05, 0.1) is 0 Å². The van der Waals surface area contributed by atoms with Gasteiger partial charge in [0.25, 0.3) is 5.89 Å². The van der Waals surface area contributed by atoms with Gasteiger partial charge in [-0.05, 0) is 19.1 Å². The van der Waals surface area contributed by atoms with Crippen LogP contribution in [0.2, 0.25) is 0 Å². The first-order valence-electron chi connectivity index (χ1n) is 7.24. The molecule has 1 unspecified atom stereocenters. The maximum absolute atomic E-state index is 12.0. The summed E-state index contributed by atoms with van der Waals surface area (Å²) in [5.41, 5.74) is 0.870. The molecular weight excluding hydrogens is 296 g/mol. The summed E-state index contributed by atoms with van der Waals surface area (Å²) in [6.45, 7) is 2.18. The van der Waals surface area contributed by atoms with Crippen LogP contribution in [0.4, 0.5) is 0 Å². The highest BCUT2D eigenvalue weighted by atomic mass is 16.5. The van der Waals surface area contributed by atoms with Gasteiger partial charge in [0.15, 0.2) is 5.82 Å². The molecule has 0 saturated heterocycles. The van der Waals surface area contributed by atoms with Crippen molar-refractivity contribution < 1.29 is 9.32 Å². The molecule has 23 heavy (non-hydrogen) atoms. The fourth-order valence-corrected chi connectivity index (χ4v) is 2.04. The van der Waals surface area contributed by atoms with E-state index in [-0.39, 0.29) is 5.91 Å². The van der Waals surface area contributed by atoms with E-state index in [1.807, 2.05) is 30.3 Å². The van der Waals surface area contributed by atoms with Crippen LogP contribution in [0, 0.1) is 0 Å². The minimum Gasteiger partial charge on any atom is -0.354 e. The zero-order valence-corrected chi connectivity index (χ0v) is 12.6. The van der Waals surface area contributed by atoms with Crippen molar-refractivity contribution in [3.05, 3.63) is 48.8 Å². The average molecular weight is 312 g/mol. The molecule has 1 amide bonds. The number of amides is 1. The third-order valence-corrected chi connectivity index (χ3v) is 3.35. The molecule has 0 fully saturated rings. The number of rotatable bonds is 6. The van der Waals surface area contributed by atoms with Crippen molar-refractivity contribution >= 4 is 5.91 Å². The highest BCUT2D eigenvalue weighted by molar-refractivity contribution is 5.79. The molecule has 0 radical (unpaired) electrons. The second-order valence-corrected chi connectivity index (χ2v) is 4.97. The lowest BCUT2D eigenvalue weighted by atomic mass is 10.2. The van der Waals surface area contributed by atoms with Crippen LogP contribution in [0.3, 0.4) is 0 Å². The summed E-state index contributed by atoms with van der Waals surface area (Å²) < 4.78 is 6.72. The van der Waals surface area contributed by atoms with Crippen molar-refractivity contribution in [1.29, 1.82) is 0 Å². The van der Waals surface area contributed by atoms with Gasteiger partial charge in [-0.25, -0.2) is 9.67 Å². The Kier molecular flexibility index (Phi) is 4.41. The maximum atomic E-state index is 12.0. The first kappa shape index (κ1) is 14.9. The van der Waals surface area contributed by atoms with Crippen molar-refractivity contribution in [1.82, 2.24) is 30.2 Å². The molecule has 0 bridgehead atoms. The normalized spacial score (nSPS) is 12.0. The minimum atomic E-state index is -0.414. The molecule has 8 heteroatoms. The number of benzene rings is 1. The fraction of sp³-hybridized carbons (Fsp3) is 0.267. The number of nitrogens with zero attached hydrogens (tertiary/aromatic N) is 5. The zero-order chi connectivity index (χ0) is 16.1. The van der Waals surface area contributed by atoms with Crippen LogP contribution in [0.25, 0.3) is 11.5 Å². The Balaban J connectivity index is 1.51. The Morgan fingerprint density at radius 3 is 2.91 bits per heavy atom. The quantitative estimate of drug-likeness (QED) is 0.735. The molecule has 118 valence electrons. The summed E-state index contributed by atoms with van der Waals surface area (Å²) in [6.07, 6.45) is 3.40. The van der Waals surface area contributed by atoms with Gasteiger partial charge >= 0.3 is 0 Å². The summed E-state index contributed by atoms with van der Waals surface area (Å²) in [6, 6.07) is 9.13. The standard InChI is InChI=1S/C15H16N6O2/c1-11(21-10-16-9-18-21)14(22)17-8-7-13-19-15(23-20-13)12-5-3-2-4-6-12/h2-6,9-11H,7-8H2,1H3,(H,17,22). The van der Waals surface area contributed by atoms with E-state index in [1.54, 1.807) is 6.92 Å². The van der Waals surface area contributed by atoms with E-state index in [1.165, 1.54) is 17.3 Å². The summed E-state index contributed by atoms with van der Waals surface area (Å²) in [4.78, 5) is 20.1. The zero-order valence-electron chi connectivity index (χ0n) is 12.6. The molecular formula is C15H16N6O2. The van der Waals surface area contributed by atoms with Gasteiger partial charge < -0.3 is 9.84 Å². The Bertz CT molecular complexity index is 753. The average Bonchev–Trinajstić information content (AvgIpc) is 3.27. The third kappa shape index (κ3) is 3.60. The van der Waals surface area contributed by atoms with Crippen LogP contribution in [-0.2, 0) is 11.2 Å². The largest absolute Gasteiger partial charge is 0.354 e. The van der Waals surface area contributed by atoms with Crippen LogP contribution >= 0.6 is 0 Å².